The summed E-state index contributed by atoms with van der Waals surface area (Å²) in [6.07, 6.45) is 3.37. The highest BCUT2D eigenvalue weighted by molar-refractivity contribution is 7.20. The fraction of sp³-hybridized carbons (Fsp3) is 0.0625. The average Bonchev–Trinajstić information content (AvgIpc) is 3.17. The number of amides is 2. The van der Waals surface area contributed by atoms with Gasteiger partial charge in [-0.2, -0.15) is 5.10 Å². The number of para-hydroxylation sites is 1. The fourth-order valence-electron chi connectivity index (χ4n) is 2.20. The summed E-state index contributed by atoms with van der Waals surface area (Å²) in [4.78, 5) is 24.4. The molecule has 3 aromatic rings. The Balaban J connectivity index is 1.85. The molecule has 0 fully saturated rings. The van der Waals surface area contributed by atoms with Crippen LogP contribution in [-0.4, -0.2) is 26.9 Å². The summed E-state index contributed by atoms with van der Waals surface area (Å²) in [5.41, 5.74) is 0.978. The molecule has 0 aliphatic carbocycles. The van der Waals surface area contributed by atoms with Crippen LogP contribution >= 0.6 is 34.5 Å². The molecule has 3 rings (SSSR count). The molecule has 0 saturated heterocycles. The van der Waals surface area contributed by atoms with E-state index in [0.717, 1.165) is 16.9 Å². The topological polar surface area (TPSA) is 96.3 Å². The van der Waals surface area contributed by atoms with Crippen molar-refractivity contribution in [2.75, 3.05) is 10.6 Å². The van der Waals surface area contributed by atoms with Crippen molar-refractivity contribution in [3.05, 3.63) is 52.3 Å². The SMILES string of the molecule is Cn1cc(-c2cc(C(=O)O)c(NC(=O)Nc3c(Cl)cccc3Cl)s2)cn1. The highest BCUT2D eigenvalue weighted by Gasteiger charge is 2.19. The number of nitrogens with one attached hydrogen (secondary N) is 2. The van der Waals surface area contributed by atoms with Crippen LogP contribution in [0.3, 0.4) is 0 Å². The third kappa shape index (κ3) is 3.82. The van der Waals surface area contributed by atoms with Crippen molar-refractivity contribution in [2.24, 2.45) is 7.05 Å². The number of anilines is 2. The van der Waals surface area contributed by atoms with Gasteiger partial charge < -0.3 is 10.4 Å². The molecule has 1 aromatic carbocycles. The van der Waals surface area contributed by atoms with E-state index in [0.29, 0.717) is 4.88 Å². The number of thiophene rings is 1. The third-order valence-corrected chi connectivity index (χ3v) is 5.11. The van der Waals surface area contributed by atoms with Crippen molar-refractivity contribution in [2.45, 2.75) is 0 Å². The first-order valence-corrected chi connectivity index (χ1v) is 8.80. The number of aryl methyl sites for hydroxylation is 1. The van der Waals surface area contributed by atoms with Gasteiger partial charge in [0.1, 0.15) is 5.00 Å². The Morgan fingerprint density at radius 1 is 1.23 bits per heavy atom. The number of carboxylic acid groups (broad SMARTS) is 1. The third-order valence-electron chi connectivity index (χ3n) is 3.38. The summed E-state index contributed by atoms with van der Waals surface area (Å²) in [5, 5.41) is 19.3. The minimum atomic E-state index is -1.15. The molecule has 0 radical (unpaired) electrons. The van der Waals surface area contributed by atoms with Crippen molar-refractivity contribution in [3.63, 3.8) is 0 Å². The molecule has 0 aliphatic rings. The smallest absolute Gasteiger partial charge is 0.338 e. The van der Waals surface area contributed by atoms with Crippen molar-refractivity contribution >= 4 is 57.2 Å². The molecule has 7 nitrogen and oxygen atoms in total. The van der Waals surface area contributed by atoms with Crippen molar-refractivity contribution in [3.8, 4) is 10.4 Å². The maximum atomic E-state index is 12.3. The number of hydrogen-bond acceptors (Lipinski definition) is 4. The second-order valence-corrected chi connectivity index (χ2v) is 7.10. The number of halogens is 2. The van der Waals surface area contributed by atoms with Crippen molar-refractivity contribution in [1.82, 2.24) is 9.78 Å². The monoisotopic (exact) mass is 410 g/mol. The second kappa shape index (κ2) is 7.36. The van der Waals surface area contributed by atoms with Gasteiger partial charge in [-0.25, -0.2) is 9.59 Å². The lowest BCUT2D eigenvalue weighted by molar-refractivity contribution is 0.0698. The first-order valence-electron chi connectivity index (χ1n) is 7.23. The standard InChI is InChI=1S/C16H12Cl2N4O3S/c1-22-7-8(6-19-22)12-5-9(15(23)24)14(26-12)21-16(25)20-13-10(17)3-2-4-11(13)18/h2-7H,1H3,(H,23,24)(H2,20,21,25). The number of aromatic nitrogens is 2. The van der Waals surface area contributed by atoms with E-state index in [1.54, 1.807) is 42.3 Å². The quantitative estimate of drug-likeness (QED) is 0.575. The van der Waals surface area contributed by atoms with Gasteiger partial charge in [0.2, 0.25) is 0 Å². The molecule has 3 N–H and O–H groups in total. The highest BCUT2D eigenvalue weighted by Crippen LogP contribution is 2.36. The van der Waals surface area contributed by atoms with Crippen molar-refractivity contribution < 1.29 is 14.7 Å². The molecule has 134 valence electrons. The number of benzene rings is 1. The van der Waals surface area contributed by atoms with E-state index in [4.69, 9.17) is 23.2 Å². The number of hydrogen-bond donors (Lipinski definition) is 3. The van der Waals surface area contributed by atoms with Gasteiger partial charge >= 0.3 is 12.0 Å². The molecule has 26 heavy (non-hydrogen) atoms. The molecule has 2 amide bonds. The zero-order valence-corrected chi connectivity index (χ0v) is 15.6. The van der Waals surface area contributed by atoms with Crippen LogP contribution in [-0.2, 0) is 7.05 Å². The number of nitrogens with zero attached hydrogens (tertiary/aromatic N) is 2. The number of carbonyl (C=O) groups is 2. The van der Waals surface area contributed by atoms with Gasteiger partial charge in [-0.3, -0.25) is 10.00 Å². The minimum Gasteiger partial charge on any atom is -0.478 e. The molecule has 0 atom stereocenters. The predicted octanol–water partition coefficient (Wildman–Crippen LogP) is 4.80. The van der Waals surface area contributed by atoms with Crippen LogP contribution in [0, 0.1) is 0 Å². The van der Waals surface area contributed by atoms with Crippen LogP contribution in [0.15, 0.2) is 36.7 Å². The molecular formula is C16H12Cl2N4O3S. The Bertz CT molecular complexity index is 979. The number of aromatic carboxylic acids is 1. The molecule has 2 aromatic heterocycles. The predicted molar refractivity (Wildman–Crippen MR) is 103 cm³/mol. The Morgan fingerprint density at radius 3 is 2.50 bits per heavy atom. The Kier molecular flexibility index (Phi) is 5.17. The molecule has 0 aliphatic heterocycles. The van der Waals surface area contributed by atoms with Crippen LogP contribution < -0.4 is 10.6 Å². The Morgan fingerprint density at radius 2 is 1.92 bits per heavy atom. The average molecular weight is 411 g/mol. The minimum absolute atomic E-state index is 0.0192. The van der Waals surface area contributed by atoms with E-state index < -0.39 is 12.0 Å². The van der Waals surface area contributed by atoms with Crippen LogP contribution in [0.4, 0.5) is 15.5 Å². The largest absolute Gasteiger partial charge is 0.478 e. The van der Waals surface area contributed by atoms with Gasteiger partial charge in [-0.1, -0.05) is 29.3 Å². The van der Waals surface area contributed by atoms with Crippen LogP contribution in [0.25, 0.3) is 10.4 Å². The van der Waals surface area contributed by atoms with Gasteiger partial charge in [0.05, 0.1) is 27.5 Å². The van der Waals surface area contributed by atoms with Gasteiger partial charge in [-0.15, -0.1) is 11.3 Å². The summed E-state index contributed by atoms with van der Waals surface area (Å²) >= 11 is 13.2. The molecule has 10 heteroatoms. The summed E-state index contributed by atoms with van der Waals surface area (Å²) < 4.78 is 1.61. The van der Waals surface area contributed by atoms with Crippen LogP contribution in [0.5, 0.6) is 0 Å². The van der Waals surface area contributed by atoms with E-state index in [2.05, 4.69) is 15.7 Å². The molecule has 0 saturated carbocycles. The van der Waals surface area contributed by atoms with Gasteiger partial charge in [-0.05, 0) is 18.2 Å². The molecule has 0 spiro atoms. The lowest BCUT2D eigenvalue weighted by atomic mass is 10.2. The van der Waals surface area contributed by atoms with Gasteiger partial charge in [0.25, 0.3) is 0 Å². The normalized spacial score (nSPS) is 10.6. The first-order chi connectivity index (χ1) is 12.3. The van der Waals surface area contributed by atoms with Crippen molar-refractivity contribution in [1.29, 1.82) is 0 Å². The molecule has 2 heterocycles. The summed E-state index contributed by atoms with van der Waals surface area (Å²) in [5.74, 6) is -1.15. The van der Waals surface area contributed by atoms with Gasteiger partial charge in [0, 0.05) is 23.7 Å². The Hall–Kier alpha value is -2.55. The maximum Gasteiger partial charge on any atom is 0.338 e. The van der Waals surface area contributed by atoms with E-state index in [9.17, 15) is 14.7 Å². The molecule has 0 unspecified atom stereocenters. The van der Waals surface area contributed by atoms with Crippen LogP contribution in [0.1, 0.15) is 10.4 Å². The fourth-order valence-corrected chi connectivity index (χ4v) is 3.71. The summed E-state index contributed by atoms with van der Waals surface area (Å²) in [7, 11) is 1.76. The van der Waals surface area contributed by atoms with Crippen LogP contribution in [0.2, 0.25) is 10.0 Å². The lowest BCUT2D eigenvalue weighted by Gasteiger charge is -2.10. The molecular weight excluding hydrogens is 399 g/mol. The number of urea groups is 1. The zero-order chi connectivity index (χ0) is 18.8. The second-order valence-electron chi connectivity index (χ2n) is 5.24. The summed E-state index contributed by atoms with van der Waals surface area (Å²) in [6.45, 7) is 0. The van der Waals surface area contributed by atoms with Gasteiger partial charge in [0.15, 0.2) is 0 Å². The summed E-state index contributed by atoms with van der Waals surface area (Å²) in [6, 6.07) is 5.65. The van der Waals surface area contributed by atoms with E-state index in [1.165, 1.54) is 6.07 Å². The number of rotatable bonds is 4. The number of carboxylic acids is 1. The zero-order valence-electron chi connectivity index (χ0n) is 13.3. The lowest BCUT2D eigenvalue weighted by Crippen LogP contribution is -2.20. The highest BCUT2D eigenvalue weighted by atomic mass is 35.5. The first kappa shape index (κ1) is 18.2. The van der Waals surface area contributed by atoms with E-state index in [-0.39, 0.29) is 26.3 Å². The molecule has 0 bridgehead atoms. The van der Waals surface area contributed by atoms with E-state index in [1.807, 2.05) is 0 Å². The number of carbonyl (C=O) groups excluding carboxylic acids is 1. The van der Waals surface area contributed by atoms with E-state index >= 15 is 0 Å². The maximum absolute atomic E-state index is 12.3. The Labute approximate surface area is 162 Å².